The van der Waals surface area contributed by atoms with E-state index in [2.05, 4.69) is 22.6 Å². The van der Waals surface area contributed by atoms with E-state index in [-0.39, 0.29) is 0 Å². The predicted octanol–water partition coefficient (Wildman–Crippen LogP) is 3.52. The SMILES string of the molecule is C=C1CCCc2c(SS)nsc2C1. The number of hydrogen-bond acceptors (Lipinski definition) is 4. The quantitative estimate of drug-likeness (QED) is 0.342. The third-order valence-electron chi connectivity index (χ3n) is 2.29. The molecule has 1 heterocycles. The molecular weight excluding hydrogens is 218 g/mol. The van der Waals surface area contributed by atoms with Crippen molar-refractivity contribution in [1.29, 1.82) is 0 Å². The van der Waals surface area contributed by atoms with Crippen LogP contribution in [0, 0.1) is 0 Å². The Kier molecular flexibility index (Phi) is 3.01. The number of rotatable bonds is 1. The van der Waals surface area contributed by atoms with Crippen LogP contribution in [0.3, 0.4) is 0 Å². The first kappa shape index (κ1) is 9.62. The van der Waals surface area contributed by atoms with E-state index in [9.17, 15) is 0 Å². The van der Waals surface area contributed by atoms with Crippen LogP contribution in [0.25, 0.3) is 0 Å². The summed E-state index contributed by atoms with van der Waals surface area (Å²) in [4.78, 5) is 1.40. The van der Waals surface area contributed by atoms with Crippen LogP contribution < -0.4 is 0 Å². The van der Waals surface area contributed by atoms with Crippen molar-refractivity contribution < 1.29 is 0 Å². The Balaban J connectivity index is 2.35. The first-order valence-corrected chi connectivity index (χ1v) is 6.91. The minimum Gasteiger partial charge on any atom is -0.185 e. The normalized spacial score (nSPS) is 16.8. The van der Waals surface area contributed by atoms with Crippen molar-refractivity contribution in [2.24, 2.45) is 0 Å². The van der Waals surface area contributed by atoms with Gasteiger partial charge in [0.1, 0.15) is 5.03 Å². The van der Waals surface area contributed by atoms with Crippen molar-refractivity contribution in [3.05, 3.63) is 22.6 Å². The van der Waals surface area contributed by atoms with Crippen LogP contribution >= 0.6 is 34.0 Å². The Hall–Kier alpha value is 0.0700. The van der Waals surface area contributed by atoms with Gasteiger partial charge >= 0.3 is 0 Å². The molecule has 0 amide bonds. The van der Waals surface area contributed by atoms with Gasteiger partial charge in [0.2, 0.25) is 0 Å². The molecule has 0 saturated carbocycles. The van der Waals surface area contributed by atoms with Crippen LogP contribution in [0.2, 0.25) is 0 Å². The molecule has 0 saturated heterocycles. The minimum absolute atomic E-state index is 1.03. The summed E-state index contributed by atoms with van der Waals surface area (Å²) in [5.74, 6) is 0. The summed E-state index contributed by atoms with van der Waals surface area (Å²) in [6, 6.07) is 0. The average molecular weight is 229 g/mol. The zero-order chi connectivity index (χ0) is 9.26. The summed E-state index contributed by atoms with van der Waals surface area (Å²) < 4.78 is 4.38. The molecule has 0 bridgehead atoms. The van der Waals surface area contributed by atoms with Crippen LogP contribution in [0.15, 0.2) is 17.2 Å². The number of hydrogen-bond donors (Lipinski definition) is 1. The molecular formula is C9H11NS3. The van der Waals surface area contributed by atoms with Crippen molar-refractivity contribution in [1.82, 2.24) is 4.37 Å². The van der Waals surface area contributed by atoms with Crippen LogP contribution in [-0.4, -0.2) is 4.37 Å². The molecule has 0 fully saturated rings. The lowest BCUT2D eigenvalue weighted by molar-refractivity contribution is 0.815. The maximum absolute atomic E-state index is 4.38. The fraction of sp³-hybridized carbons (Fsp3) is 0.444. The third kappa shape index (κ3) is 1.95. The number of aromatic nitrogens is 1. The lowest BCUT2D eigenvalue weighted by Crippen LogP contribution is -1.85. The summed E-state index contributed by atoms with van der Waals surface area (Å²) in [6.45, 7) is 4.06. The summed E-state index contributed by atoms with van der Waals surface area (Å²) in [7, 11) is 1.46. The van der Waals surface area contributed by atoms with Crippen molar-refractivity contribution in [3.63, 3.8) is 0 Å². The fourth-order valence-corrected chi connectivity index (χ4v) is 3.77. The smallest absolute Gasteiger partial charge is 0.124 e. The van der Waals surface area contributed by atoms with Crippen LogP contribution in [0.1, 0.15) is 23.3 Å². The molecule has 1 aromatic rings. The summed E-state index contributed by atoms with van der Waals surface area (Å²) in [6.07, 6.45) is 4.55. The van der Waals surface area contributed by atoms with Gasteiger partial charge in [-0.1, -0.05) is 12.2 Å². The van der Waals surface area contributed by atoms with Crippen molar-refractivity contribution in [3.8, 4) is 0 Å². The maximum atomic E-state index is 4.38. The molecule has 0 radical (unpaired) electrons. The Bertz CT molecular complexity index is 330. The van der Waals surface area contributed by atoms with E-state index in [1.165, 1.54) is 33.2 Å². The van der Waals surface area contributed by atoms with E-state index in [1.54, 1.807) is 11.5 Å². The Morgan fingerprint density at radius 2 is 2.31 bits per heavy atom. The lowest BCUT2D eigenvalue weighted by atomic mass is 10.1. The largest absolute Gasteiger partial charge is 0.185 e. The molecule has 13 heavy (non-hydrogen) atoms. The maximum Gasteiger partial charge on any atom is 0.124 e. The minimum atomic E-state index is 1.03. The zero-order valence-electron chi connectivity index (χ0n) is 7.25. The van der Waals surface area contributed by atoms with E-state index < -0.39 is 0 Å². The van der Waals surface area contributed by atoms with Crippen molar-refractivity contribution in [2.75, 3.05) is 0 Å². The first-order chi connectivity index (χ1) is 6.31. The van der Waals surface area contributed by atoms with Gasteiger partial charge in [-0.15, -0.1) is 11.7 Å². The second kappa shape index (κ2) is 4.07. The van der Waals surface area contributed by atoms with Gasteiger partial charge in [0.25, 0.3) is 0 Å². The van der Waals surface area contributed by atoms with Crippen molar-refractivity contribution in [2.45, 2.75) is 30.7 Å². The summed E-state index contributed by atoms with van der Waals surface area (Å²) in [5, 5.41) is 1.11. The number of thiol groups is 1. The van der Waals surface area contributed by atoms with Gasteiger partial charge in [0.15, 0.2) is 0 Å². The summed E-state index contributed by atoms with van der Waals surface area (Å²) >= 11 is 5.82. The number of allylic oxidation sites excluding steroid dienone is 1. The van der Waals surface area contributed by atoms with Gasteiger partial charge < -0.3 is 0 Å². The fourth-order valence-electron chi connectivity index (χ4n) is 1.61. The third-order valence-corrected chi connectivity index (χ3v) is 4.32. The van der Waals surface area contributed by atoms with E-state index in [4.69, 9.17) is 0 Å². The number of nitrogens with zero attached hydrogens (tertiary/aromatic N) is 1. The van der Waals surface area contributed by atoms with Gasteiger partial charge in [0, 0.05) is 16.9 Å². The molecule has 2 rings (SSSR count). The molecule has 0 aromatic carbocycles. The average Bonchev–Trinajstić information content (AvgIpc) is 2.39. The summed E-state index contributed by atoms with van der Waals surface area (Å²) in [5.41, 5.74) is 2.77. The highest BCUT2D eigenvalue weighted by molar-refractivity contribution is 8.68. The Morgan fingerprint density at radius 1 is 1.46 bits per heavy atom. The molecule has 1 aromatic heterocycles. The zero-order valence-corrected chi connectivity index (χ0v) is 9.77. The second-order valence-corrected chi connectivity index (χ2v) is 5.24. The molecule has 1 nitrogen and oxygen atoms in total. The van der Waals surface area contributed by atoms with Crippen LogP contribution in [0.4, 0.5) is 0 Å². The van der Waals surface area contributed by atoms with E-state index in [1.807, 2.05) is 0 Å². The van der Waals surface area contributed by atoms with Crippen LogP contribution in [-0.2, 0) is 12.8 Å². The number of fused-ring (bicyclic) bond motifs is 1. The standard InChI is InChI=1S/C9H11NS3/c1-6-3-2-4-7-8(5-6)12-10-9(7)13-11/h11H,1-5H2. The molecule has 70 valence electrons. The molecule has 0 N–H and O–H groups in total. The molecule has 4 heteroatoms. The molecule has 0 aliphatic heterocycles. The Morgan fingerprint density at radius 3 is 3.08 bits per heavy atom. The van der Waals surface area contributed by atoms with Gasteiger partial charge in [0.05, 0.1) is 0 Å². The molecule has 1 aliphatic carbocycles. The van der Waals surface area contributed by atoms with E-state index >= 15 is 0 Å². The van der Waals surface area contributed by atoms with Crippen LogP contribution in [0.5, 0.6) is 0 Å². The van der Waals surface area contributed by atoms with Gasteiger partial charge in [-0.2, -0.15) is 4.37 Å². The van der Waals surface area contributed by atoms with Gasteiger partial charge in [-0.05, 0) is 41.6 Å². The van der Waals surface area contributed by atoms with Gasteiger partial charge in [-0.25, -0.2) is 0 Å². The Labute approximate surface area is 91.6 Å². The van der Waals surface area contributed by atoms with Crippen molar-refractivity contribution >= 4 is 34.0 Å². The highest BCUT2D eigenvalue weighted by Crippen LogP contribution is 2.34. The highest BCUT2D eigenvalue weighted by Gasteiger charge is 2.16. The van der Waals surface area contributed by atoms with E-state index in [0.29, 0.717) is 0 Å². The first-order valence-electron chi connectivity index (χ1n) is 4.26. The molecule has 1 aliphatic rings. The van der Waals surface area contributed by atoms with Gasteiger partial charge in [-0.3, -0.25) is 0 Å². The predicted molar refractivity (Wildman–Crippen MR) is 62.7 cm³/mol. The molecule has 0 unspecified atom stereocenters. The van der Waals surface area contributed by atoms with E-state index in [0.717, 1.165) is 24.3 Å². The lowest BCUT2D eigenvalue weighted by Gasteiger charge is -1.96. The molecule has 0 atom stereocenters. The molecule has 0 spiro atoms. The topological polar surface area (TPSA) is 12.9 Å². The highest BCUT2D eigenvalue weighted by atomic mass is 33.1. The monoisotopic (exact) mass is 229 g/mol. The second-order valence-electron chi connectivity index (χ2n) is 3.26.